The molecule has 2 heterocycles. The molecule has 1 saturated heterocycles. The third-order valence-corrected chi connectivity index (χ3v) is 8.74. The SMILES string of the molecule is O=C(c1cc2c(s1)CCCCC2)N1CCN(S(=O)(=O)c2ccc(F)c(F)c2F)CC1. The van der Waals surface area contributed by atoms with E-state index in [-0.39, 0.29) is 32.1 Å². The molecule has 0 spiro atoms. The lowest BCUT2D eigenvalue weighted by atomic mass is 10.1. The average molecular weight is 459 g/mol. The lowest BCUT2D eigenvalue weighted by molar-refractivity contribution is 0.0702. The van der Waals surface area contributed by atoms with Crippen LogP contribution in [0, 0.1) is 17.5 Å². The molecule has 2 aliphatic rings. The van der Waals surface area contributed by atoms with Gasteiger partial charge in [-0.05, 0) is 49.4 Å². The molecule has 2 aromatic rings. The summed E-state index contributed by atoms with van der Waals surface area (Å²) in [5.74, 6) is -5.13. The first-order chi connectivity index (χ1) is 14.3. The fourth-order valence-corrected chi connectivity index (χ4v) is 6.61. The third kappa shape index (κ3) is 3.88. The Balaban J connectivity index is 1.46. The van der Waals surface area contributed by atoms with Crippen molar-refractivity contribution >= 4 is 27.3 Å². The summed E-state index contributed by atoms with van der Waals surface area (Å²) in [4.78, 5) is 15.5. The lowest BCUT2D eigenvalue weighted by Crippen LogP contribution is -2.50. The second-order valence-corrected chi connectivity index (χ2v) is 10.5. The Kier molecular flexibility index (Phi) is 5.91. The van der Waals surface area contributed by atoms with Gasteiger partial charge in [-0.3, -0.25) is 4.79 Å². The third-order valence-electron chi connectivity index (χ3n) is 5.60. The molecule has 1 fully saturated rings. The van der Waals surface area contributed by atoms with E-state index < -0.39 is 32.4 Å². The highest BCUT2D eigenvalue weighted by Crippen LogP contribution is 2.30. The van der Waals surface area contributed by atoms with Crippen LogP contribution in [0.2, 0.25) is 0 Å². The van der Waals surface area contributed by atoms with Crippen LogP contribution in [0.4, 0.5) is 13.2 Å². The van der Waals surface area contributed by atoms with E-state index in [1.54, 1.807) is 4.90 Å². The fraction of sp³-hybridized carbons (Fsp3) is 0.450. The topological polar surface area (TPSA) is 57.7 Å². The lowest BCUT2D eigenvalue weighted by Gasteiger charge is -2.33. The summed E-state index contributed by atoms with van der Waals surface area (Å²) in [5, 5.41) is 0. The van der Waals surface area contributed by atoms with Gasteiger partial charge >= 0.3 is 0 Å². The minimum atomic E-state index is -4.34. The predicted molar refractivity (Wildman–Crippen MR) is 107 cm³/mol. The van der Waals surface area contributed by atoms with E-state index in [9.17, 15) is 26.4 Å². The van der Waals surface area contributed by atoms with Gasteiger partial charge in [0.1, 0.15) is 4.90 Å². The number of aryl methyl sites for hydroxylation is 2. The van der Waals surface area contributed by atoms with E-state index in [2.05, 4.69) is 0 Å². The van der Waals surface area contributed by atoms with Crippen molar-refractivity contribution in [3.05, 3.63) is 51.0 Å². The van der Waals surface area contributed by atoms with E-state index in [1.165, 1.54) is 28.2 Å². The summed E-state index contributed by atoms with van der Waals surface area (Å²) in [6.45, 7) is 0.201. The predicted octanol–water partition coefficient (Wildman–Crippen LogP) is 3.58. The molecule has 1 amide bonds. The smallest absolute Gasteiger partial charge is 0.264 e. The molecule has 0 unspecified atom stereocenters. The number of piperazine rings is 1. The summed E-state index contributed by atoms with van der Waals surface area (Å²) in [6.07, 6.45) is 5.40. The Morgan fingerprint density at radius 2 is 1.63 bits per heavy atom. The van der Waals surface area contributed by atoms with Gasteiger partial charge in [0.2, 0.25) is 10.0 Å². The first-order valence-corrected chi connectivity index (χ1v) is 12.1. The Hall–Kier alpha value is -1.91. The van der Waals surface area contributed by atoms with Crippen LogP contribution in [0.15, 0.2) is 23.1 Å². The minimum Gasteiger partial charge on any atom is -0.335 e. The second-order valence-electron chi connectivity index (χ2n) is 7.49. The molecule has 30 heavy (non-hydrogen) atoms. The number of thiophene rings is 1. The van der Waals surface area contributed by atoms with Gasteiger partial charge in [-0.2, -0.15) is 4.31 Å². The Morgan fingerprint density at radius 3 is 2.37 bits per heavy atom. The van der Waals surface area contributed by atoms with Crippen LogP contribution in [0.1, 0.15) is 39.4 Å². The maximum Gasteiger partial charge on any atom is 0.264 e. The van der Waals surface area contributed by atoms with E-state index in [1.807, 2.05) is 6.07 Å². The number of benzene rings is 1. The van der Waals surface area contributed by atoms with E-state index in [0.717, 1.165) is 36.1 Å². The van der Waals surface area contributed by atoms with Gasteiger partial charge in [0.05, 0.1) is 4.88 Å². The van der Waals surface area contributed by atoms with Gasteiger partial charge in [-0.15, -0.1) is 11.3 Å². The van der Waals surface area contributed by atoms with E-state index >= 15 is 0 Å². The standard InChI is InChI=1S/C20H21F3N2O3S2/c21-14-6-7-17(19(23)18(14)22)30(27,28)25-10-8-24(9-11-25)20(26)16-12-13-4-2-1-3-5-15(13)29-16/h6-7,12H,1-5,8-11H2. The van der Waals surface area contributed by atoms with Crippen LogP contribution >= 0.6 is 11.3 Å². The zero-order valence-electron chi connectivity index (χ0n) is 16.2. The van der Waals surface area contributed by atoms with Gasteiger partial charge in [0.15, 0.2) is 17.5 Å². The number of halogens is 3. The van der Waals surface area contributed by atoms with Crippen molar-refractivity contribution in [2.24, 2.45) is 0 Å². The highest BCUT2D eigenvalue weighted by Gasteiger charge is 2.34. The maximum atomic E-state index is 14.0. The number of carbonyl (C=O) groups excluding carboxylic acids is 1. The second kappa shape index (κ2) is 8.32. The van der Waals surface area contributed by atoms with Crippen LogP contribution in [0.5, 0.6) is 0 Å². The molecular weight excluding hydrogens is 437 g/mol. The van der Waals surface area contributed by atoms with Crippen molar-refractivity contribution in [1.29, 1.82) is 0 Å². The molecule has 0 radical (unpaired) electrons. The summed E-state index contributed by atoms with van der Waals surface area (Å²) in [7, 11) is -4.34. The number of carbonyl (C=O) groups is 1. The minimum absolute atomic E-state index is 0.0440. The summed E-state index contributed by atoms with van der Waals surface area (Å²) in [6, 6.07) is 3.26. The zero-order chi connectivity index (χ0) is 21.5. The van der Waals surface area contributed by atoms with Gasteiger partial charge in [0.25, 0.3) is 5.91 Å². The number of hydrogen-bond acceptors (Lipinski definition) is 4. The van der Waals surface area contributed by atoms with Crippen molar-refractivity contribution in [1.82, 2.24) is 9.21 Å². The largest absolute Gasteiger partial charge is 0.335 e. The first-order valence-electron chi connectivity index (χ1n) is 9.83. The summed E-state index contributed by atoms with van der Waals surface area (Å²) < 4.78 is 67.0. The first kappa shape index (κ1) is 21.3. The fourth-order valence-electron chi connectivity index (χ4n) is 3.91. The van der Waals surface area contributed by atoms with Crippen LogP contribution < -0.4 is 0 Å². The highest BCUT2D eigenvalue weighted by atomic mass is 32.2. The Bertz CT molecular complexity index is 1050. The number of sulfonamides is 1. The quantitative estimate of drug-likeness (QED) is 0.522. The summed E-state index contributed by atoms with van der Waals surface area (Å²) in [5.41, 5.74) is 1.23. The molecule has 0 N–H and O–H groups in total. The Labute approximate surface area is 177 Å². The maximum absolute atomic E-state index is 14.0. The normalized spacial score (nSPS) is 18.2. The van der Waals surface area contributed by atoms with Gasteiger partial charge in [0, 0.05) is 31.1 Å². The molecule has 5 nitrogen and oxygen atoms in total. The van der Waals surface area contributed by atoms with Crippen molar-refractivity contribution in [3.8, 4) is 0 Å². The molecule has 0 atom stereocenters. The summed E-state index contributed by atoms with van der Waals surface area (Å²) >= 11 is 1.51. The van der Waals surface area contributed by atoms with Crippen LogP contribution in [-0.4, -0.2) is 49.7 Å². The zero-order valence-corrected chi connectivity index (χ0v) is 17.8. The van der Waals surface area contributed by atoms with Crippen LogP contribution in [0.3, 0.4) is 0 Å². The number of rotatable bonds is 3. The van der Waals surface area contributed by atoms with E-state index in [4.69, 9.17) is 0 Å². The average Bonchev–Trinajstić information content (AvgIpc) is 3.01. The molecule has 0 saturated carbocycles. The molecule has 0 bridgehead atoms. The monoisotopic (exact) mass is 458 g/mol. The number of amides is 1. The van der Waals surface area contributed by atoms with Gasteiger partial charge in [-0.25, -0.2) is 21.6 Å². The van der Waals surface area contributed by atoms with Crippen LogP contribution in [0.25, 0.3) is 0 Å². The Morgan fingerprint density at radius 1 is 0.933 bits per heavy atom. The molecule has 1 aliphatic carbocycles. The van der Waals surface area contributed by atoms with Gasteiger partial charge < -0.3 is 4.90 Å². The highest BCUT2D eigenvalue weighted by molar-refractivity contribution is 7.89. The van der Waals surface area contributed by atoms with Crippen LogP contribution in [-0.2, 0) is 22.9 Å². The molecule has 1 aromatic carbocycles. The van der Waals surface area contributed by atoms with Gasteiger partial charge in [-0.1, -0.05) is 6.42 Å². The van der Waals surface area contributed by atoms with Crippen molar-refractivity contribution in [2.45, 2.75) is 37.0 Å². The van der Waals surface area contributed by atoms with Crippen molar-refractivity contribution < 1.29 is 26.4 Å². The molecule has 1 aliphatic heterocycles. The molecule has 162 valence electrons. The number of hydrogen-bond donors (Lipinski definition) is 0. The molecule has 1 aromatic heterocycles. The van der Waals surface area contributed by atoms with Crippen molar-refractivity contribution in [3.63, 3.8) is 0 Å². The van der Waals surface area contributed by atoms with E-state index in [0.29, 0.717) is 10.9 Å². The molecule has 4 rings (SSSR count). The molecule has 10 heteroatoms. The van der Waals surface area contributed by atoms with Crippen molar-refractivity contribution in [2.75, 3.05) is 26.2 Å². The molecular formula is C20H21F3N2O3S2. The number of nitrogens with zero attached hydrogens (tertiary/aromatic N) is 2. The number of fused-ring (bicyclic) bond motifs is 1.